The highest BCUT2D eigenvalue weighted by molar-refractivity contribution is 4.89. The Morgan fingerprint density at radius 2 is 1.95 bits per heavy atom. The summed E-state index contributed by atoms with van der Waals surface area (Å²) in [6, 6.07) is 0.725. The van der Waals surface area contributed by atoms with Crippen molar-refractivity contribution in [3.8, 4) is 0 Å². The van der Waals surface area contributed by atoms with Gasteiger partial charge in [-0.2, -0.15) is 0 Å². The van der Waals surface area contributed by atoms with Crippen molar-refractivity contribution in [2.75, 3.05) is 19.7 Å². The second-order valence-corrected chi connectivity index (χ2v) is 7.06. The molecular formula is C16H32N2O. The van der Waals surface area contributed by atoms with Gasteiger partial charge in [0.05, 0.1) is 6.61 Å². The molecule has 1 heterocycles. The van der Waals surface area contributed by atoms with Gasteiger partial charge < -0.3 is 10.8 Å². The van der Waals surface area contributed by atoms with E-state index in [1.54, 1.807) is 0 Å². The molecule has 0 aromatic rings. The van der Waals surface area contributed by atoms with E-state index in [2.05, 4.69) is 18.7 Å². The van der Waals surface area contributed by atoms with Gasteiger partial charge in [0.15, 0.2) is 0 Å². The molecule has 1 aliphatic heterocycles. The molecule has 0 radical (unpaired) electrons. The summed E-state index contributed by atoms with van der Waals surface area (Å²) in [5.74, 6) is 2.11. The third kappa shape index (κ3) is 3.93. The van der Waals surface area contributed by atoms with E-state index < -0.39 is 0 Å². The topological polar surface area (TPSA) is 49.5 Å². The highest BCUT2D eigenvalue weighted by Gasteiger charge is 2.34. The number of nitrogens with two attached hydrogens (primary N) is 1. The molecule has 112 valence electrons. The molecule has 3 N–H and O–H groups in total. The lowest BCUT2D eigenvalue weighted by Gasteiger charge is -2.42. The molecule has 3 nitrogen and oxygen atoms in total. The molecule has 0 aromatic carbocycles. The highest BCUT2D eigenvalue weighted by Crippen LogP contribution is 2.34. The molecule has 0 bridgehead atoms. The van der Waals surface area contributed by atoms with Crippen LogP contribution in [0.15, 0.2) is 0 Å². The molecule has 5 unspecified atom stereocenters. The van der Waals surface area contributed by atoms with Crippen LogP contribution in [0.4, 0.5) is 0 Å². The third-order valence-electron chi connectivity index (χ3n) is 5.38. The second-order valence-electron chi connectivity index (χ2n) is 7.06. The minimum atomic E-state index is 0.312. The summed E-state index contributed by atoms with van der Waals surface area (Å²) in [4.78, 5) is 2.53. The molecule has 0 amide bonds. The first-order valence-electron chi connectivity index (χ1n) is 8.22. The summed E-state index contributed by atoms with van der Waals surface area (Å²) in [6.45, 7) is 7.25. The van der Waals surface area contributed by atoms with E-state index in [0.29, 0.717) is 24.6 Å². The number of hydrogen-bond acceptors (Lipinski definition) is 3. The number of hydrogen-bond donors (Lipinski definition) is 2. The Labute approximate surface area is 118 Å². The quantitative estimate of drug-likeness (QED) is 0.825. The van der Waals surface area contributed by atoms with Crippen LogP contribution in [0, 0.1) is 17.8 Å². The zero-order valence-corrected chi connectivity index (χ0v) is 12.7. The summed E-state index contributed by atoms with van der Waals surface area (Å²) in [5.41, 5.74) is 6.41. The van der Waals surface area contributed by atoms with E-state index in [0.717, 1.165) is 31.3 Å². The summed E-state index contributed by atoms with van der Waals surface area (Å²) < 4.78 is 0. The van der Waals surface area contributed by atoms with Gasteiger partial charge in [0.1, 0.15) is 0 Å². The van der Waals surface area contributed by atoms with Gasteiger partial charge >= 0.3 is 0 Å². The van der Waals surface area contributed by atoms with Gasteiger partial charge in [-0.05, 0) is 50.0 Å². The van der Waals surface area contributed by atoms with Gasteiger partial charge in [-0.3, -0.25) is 4.90 Å². The average Bonchev–Trinajstić information content (AvgIpc) is 2.58. The van der Waals surface area contributed by atoms with E-state index in [1.807, 2.05) is 0 Å². The minimum absolute atomic E-state index is 0.312. The summed E-state index contributed by atoms with van der Waals surface area (Å²) in [7, 11) is 0. The molecule has 2 rings (SSSR count). The van der Waals surface area contributed by atoms with Gasteiger partial charge in [-0.25, -0.2) is 0 Å². The molecule has 0 aromatic heterocycles. The van der Waals surface area contributed by atoms with E-state index >= 15 is 0 Å². The molecule has 0 spiro atoms. The van der Waals surface area contributed by atoms with Gasteiger partial charge in [0, 0.05) is 18.6 Å². The number of likely N-dealkylation sites (tertiary alicyclic amines) is 1. The second kappa shape index (κ2) is 7.05. The van der Waals surface area contributed by atoms with Crippen LogP contribution < -0.4 is 5.73 Å². The molecular weight excluding hydrogens is 236 g/mol. The molecule has 1 aliphatic carbocycles. The third-order valence-corrected chi connectivity index (χ3v) is 5.38. The lowest BCUT2D eigenvalue weighted by atomic mass is 9.72. The Balaban J connectivity index is 1.97. The minimum Gasteiger partial charge on any atom is -0.395 e. The predicted octanol–water partition coefficient (Wildman–Crippen LogP) is 2.23. The Kier molecular flexibility index (Phi) is 5.67. The Hall–Kier alpha value is -0.120. The predicted molar refractivity (Wildman–Crippen MR) is 79.9 cm³/mol. The first-order valence-corrected chi connectivity index (χ1v) is 8.22. The largest absolute Gasteiger partial charge is 0.395 e. The number of aliphatic hydroxyl groups excluding tert-OH is 1. The zero-order valence-electron chi connectivity index (χ0n) is 12.7. The monoisotopic (exact) mass is 268 g/mol. The fourth-order valence-electron chi connectivity index (χ4n) is 4.24. The van der Waals surface area contributed by atoms with Gasteiger partial charge in [0.25, 0.3) is 0 Å². The standard InChI is InChI=1S/C16H32N2O/c1-12-8-13(2)15(16(17)9-12)10-18-7-5-3-4-6-14(18)11-19/h12-16,19H,3-11,17H2,1-2H3. The van der Waals surface area contributed by atoms with Crippen molar-refractivity contribution in [2.45, 2.75) is 64.5 Å². The Morgan fingerprint density at radius 3 is 2.63 bits per heavy atom. The smallest absolute Gasteiger partial charge is 0.0586 e. The lowest BCUT2D eigenvalue weighted by Crippen LogP contribution is -2.49. The van der Waals surface area contributed by atoms with Crippen LogP contribution in [0.1, 0.15) is 52.4 Å². The van der Waals surface area contributed by atoms with Crippen molar-refractivity contribution in [2.24, 2.45) is 23.5 Å². The van der Waals surface area contributed by atoms with Gasteiger partial charge in [-0.15, -0.1) is 0 Å². The van der Waals surface area contributed by atoms with Crippen LogP contribution in [-0.2, 0) is 0 Å². The van der Waals surface area contributed by atoms with Crippen molar-refractivity contribution < 1.29 is 5.11 Å². The number of rotatable bonds is 3. The normalized spacial score (nSPS) is 42.0. The highest BCUT2D eigenvalue weighted by atomic mass is 16.3. The molecule has 19 heavy (non-hydrogen) atoms. The first kappa shape index (κ1) is 15.3. The Bertz CT molecular complexity index is 259. The molecule has 5 atom stereocenters. The zero-order chi connectivity index (χ0) is 13.8. The summed E-state index contributed by atoms with van der Waals surface area (Å²) in [5, 5.41) is 9.62. The molecule has 1 saturated heterocycles. The average molecular weight is 268 g/mol. The molecule has 2 fully saturated rings. The van der Waals surface area contributed by atoms with Crippen LogP contribution in [0.25, 0.3) is 0 Å². The van der Waals surface area contributed by atoms with E-state index in [1.165, 1.54) is 32.1 Å². The van der Waals surface area contributed by atoms with Crippen molar-refractivity contribution in [3.05, 3.63) is 0 Å². The Morgan fingerprint density at radius 1 is 1.16 bits per heavy atom. The fourth-order valence-corrected chi connectivity index (χ4v) is 4.24. The maximum atomic E-state index is 9.62. The molecule has 1 saturated carbocycles. The van der Waals surface area contributed by atoms with Gasteiger partial charge in [0.2, 0.25) is 0 Å². The van der Waals surface area contributed by atoms with Crippen molar-refractivity contribution >= 4 is 0 Å². The first-order chi connectivity index (χ1) is 9.11. The van der Waals surface area contributed by atoms with Crippen LogP contribution in [-0.4, -0.2) is 41.8 Å². The number of aliphatic hydroxyl groups is 1. The molecule has 2 aliphatic rings. The van der Waals surface area contributed by atoms with E-state index in [-0.39, 0.29) is 0 Å². The SMILES string of the molecule is CC1CC(C)C(CN2CCCCCC2CO)C(N)C1. The van der Waals surface area contributed by atoms with Gasteiger partial charge in [-0.1, -0.05) is 26.7 Å². The fraction of sp³-hybridized carbons (Fsp3) is 1.00. The van der Waals surface area contributed by atoms with E-state index in [4.69, 9.17) is 5.73 Å². The van der Waals surface area contributed by atoms with E-state index in [9.17, 15) is 5.11 Å². The molecule has 3 heteroatoms. The summed E-state index contributed by atoms with van der Waals surface area (Å²) in [6.07, 6.45) is 7.51. The van der Waals surface area contributed by atoms with Crippen molar-refractivity contribution in [1.82, 2.24) is 4.90 Å². The number of nitrogens with zero attached hydrogens (tertiary/aromatic N) is 1. The van der Waals surface area contributed by atoms with Crippen LogP contribution in [0.3, 0.4) is 0 Å². The summed E-state index contributed by atoms with van der Waals surface area (Å²) >= 11 is 0. The maximum Gasteiger partial charge on any atom is 0.0586 e. The van der Waals surface area contributed by atoms with Crippen LogP contribution in [0.2, 0.25) is 0 Å². The van der Waals surface area contributed by atoms with Crippen LogP contribution in [0.5, 0.6) is 0 Å². The van der Waals surface area contributed by atoms with Crippen molar-refractivity contribution in [1.29, 1.82) is 0 Å². The van der Waals surface area contributed by atoms with Crippen LogP contribution >= 0.6 is 0 Å². The van der Waals surface area contributed by atoms with Crippen molar-refractivity contribution in [3.63, 3.8) is 0 Å². The maximum absolute atomic E-state index is 9.62. The lowest BCUT2D eigenvalue weighted by molar-refractivity contribution is 0.0684.